The van der Waals surface area contributed by atoms with Crippen LogP contribution in [-0.4, -0.2) is 22.4 Å². The minimum absolute atomic E-state index is 0.271. The Balaban J connectivity index is 2.05. The van der Waals surface area contributed by atoms with Gasteiger partial charge in [0.2, 0.25) is 0 Å². The van der Waals surface area contributed by atoms with Crippen molar-refractivity contribution in [1.29, 1.82) is 0 Å². The number of aliphatic hydroxyl groups is 2. The monoisotopic (exact) mass is 198 g/mol. The maximum absolute atomic E-state index is 10.5. The predicted octanol–water partition coefficient (Wildman–Crippen LogP) is 2.09. The molecule has 0 amide bonds. The van der Waals surface area contributed by atoms with E-state index in [1.807, 2.05) is 0 Å². The van der Waals surface area contributed by atoms with Gasteiger partial charge in [0.25, 0.3) is 0 Å². The summed E-state index contributed by atoms with van der Waals surface area (Å²) in [6.07, 6.45) is 8.99. The molecule has 0 radical (unpaired) electrons. The van der Waals surface area contributed by atoms with Gasteiger partial charge < -0.3 is 10.2 Å². The third kappa shape index (κ3) is 1.82. The SMILES string of the molecule is OC[C@@H]1CCCC[C@H]1C1(O)CCCC1. The van der Waals surface area contributed by atoms with Gasteiger partial charge in [-0.2, -0.15) is 0 Å². The van der Waals surface area contributed by atoms with Crippen LogP contribution in [0.15, 0.2) is 0 Å². The van der Waals surface area contributed by atoms with Gasteiger partial charge in [-0.05, 0) is 37.5 Å². The molecule has 0 spiro atoms. The van der Waals surface area contributed by atoms with Gasteiger partial charge in [0.1, 0.15) is 0 Å². The van der Waals surface area contributed by atoms with E-state index in [0.717, 1.165) is 25.7 Å². The normalized spacial score (nSPS) is 37.3. The first-order valence-corrected chi connectivity index (χ1v) is 6.09. The summed E-state index contributed by atoms with van der Waals surface area (Å²) in [5, 5.41) is 19.8. The van der Waals surface area contributed by atoms with Crippen LogP contribution in [0.5, 0.6) is 0 Å². The van der Waals surface area contributed by atoms with Crippen molar-refractivity contribution in [3.8, 4) is 0 Å². The van der Waals surface area contributed by atoms with Gasteiger partial charge in [0.05, 0.1) is 5.60 Å². The molecule has 2 nitrogen and oxygen atoms in total. The van der Waals surface area contributed by atoms with Crippen LogP contribution < -0.4 is 0 Å². The summed E-state index contributed by atoms with van der Waals surface area (Å²) in [4.78, 5) is 0. The lowest BCUT2D eigenvalue weighted by molar-refractivity contribution is -0.0626. The first-order chi connectivity index (χ1) is 6.76. The molecule has 0 bridgehead atoms. The Bertz CT molecular complexity index is 185. The molecule has 0 aliphatic heterocycles. The van der Waals surface area contributed by atoms with E-state index in [1.165, 1.54) is 25.7 Å². The Morgan fingerprint density at radius 3 is 2.29 bits per heavy atom. The molecule has 2 atom stereocenters. The summed E-state index contributed by atoms with van der Waals surface area (Å²) in [6, 6.07) is 0. The number of aliphatic hydroxyl groups excluding tert-OH is 1. The lowest BCUT2D eigenvalue weighted by Gasteiger charge is -2.40. The van der Waals surface area contributed by atoms with Crippen molar-refractivity contribution in [3.05, 3.63) is 0 Å². The average molecular weight is 198 g/mol. The third-order valence-corrected chi connectivity index (χ3v) is 4.30. The molecule has 2 fully saturated rings. The standard InChI is InChI=1S/C12H22O2/c13-9-10-5-1-2-6-11(10)12(14)7-3-4-8-12/h10-11,13-14H,1-9H2/t10-,11+/m0/s1. The smallest absolute Gasteiger partial charge is 0.0679 e. The van der Waals surface area contributed by atoms with Crippen molar-refractivity contribution in [2.45, 2.75) is 57.0 Å². The molecule has 2 N–H and O–H groups in total. The van der Waals surface area contributed by atoms with Gasteiger partial charge >= 0.3 is 0 Å². The van der Waals surface area contributed by atoms with Crippen LogP contribution in [0, 0.1) is 11.8 Å². The number of rotatable bonds is 2. The van der Waals surface area contributed by atoms with Gasteiger partial charge in [-0.25, -0.2) is 0 Å². The fourth-order valence-electron chi connectivity index (χ4n) is 3.49. The zero-order valence-electron chi connectivity index (χ0n) is 8.91. The van der Waals surface area contributed by atoms with E-state index in [0.29, 0.717) is 11.8 Å². The minimum Gasteiger partial charge on any atom is -0.396 e. The highest BCUT2D eigenvalue weighted by Gasteiger charge is 2.43. The van der Waals surface area contributed by atoms with Crippen LogP contribution in [0.25, 0.3) is 0 Å². The summed E-state index contributed by atoms with van der Waals surface area (Å²) in [5.74, 6) is 0.746. The van der Waals surface area contributed by atoms with Gasteiger partial charge in [0.15, 0.2) is 0 Å². The van der Waals surface area contributed by atoms with Crippen LogP contribution in [0.4, 0.5) is 0 Å². The minimum atomic E-state index is -0.423. The van der Waals surface area contributed by atoms with Gasteiger partial charge in [0, 0.05) is 6.61 Å². The van der Waals surface area contributed by atoms with Crippen LogP contribution in [0.1, 0.15) is 51.4 Å². The van der Waals surface area contributed by atoms with Crippen LogP contribution in [-0.2, 0) is 0 Å². The molecule has 0 saturated heterocycles. The highest BCUT2D eigenvalue weighted by atomic mass is 16.3. The third-order valence-electron chi connectivity index (χ3n) is 4.30. The molecular weight excluding hydrogens is 176 g/mol. The summed E-state index contributed by atoms with van der Waals surface area (Å²) in [7, 11) is 0. The van der Waals surface area contributed by atoms with Crippen LogP contribution >= 0.6 is 0 Å². The zero-order valence-corrected chi connectivity index (χ0v) is 8.91. The molecule has 0 unspecified atom stereocenters. The second-order valence-corrected chi connectivity index (χ2v) is 5.14. The Hall–Kier alpha value is -0.0800. The van der Waals surface area contributed by atoms with Crippen molar-refractivity contribution in [2.24, 2.45) is 11.8 Å². The predicted molar refractivity (Wildman–Crippen MR) is 56.0 cm³/mol. The molecule has 2 rings (SSSR count). The quantitative estimate of drug-likeness (QED) is 0.713. The van der Waals surface area contributed by atoms with Crippen molar-refractivity contribution in [2.75, 3.05) is 6.61 Å². The Kier molecular flexibility index (Phi) is 3.13. The van der Waals surface area contributed by atoms with Crippen molar-refractivity contribution < 1.29 is 10.2 Å². The maximum atomic E-state index is 10.5. The van der Waals surface area contributed by atoms with Crippen molar-refractivity contribution in [1.82, 2.24) is 0 Å². The molecule has 2 saturated carbocycles. The van der Waals surface area contributed by atoms with Gasteiger partial charge in [-0.1, -0.05) is 25.7 Å². The van der Waals surface area contributed by atoms with Crippen LogP contribution in [0.2, 0.25) is 0 Å². The molecule has 82 valence electrons. The fraction of sp³-hybridized carbons (Fsp3) is 1.00. The Labute approximate surface area is 86.3 Å². The average Bonchev–Trinajstić information content (AvgIpc) is 2.66. The van der Waals surface area contributed by atoms with Gasteiger partial charge in [-0.15, -0.1) is 0 Å². The van der Waals surface area contributed by atoms with E-state index in [-0.39, 0.29) is 6.61 Å². The lowest BCUT2D eigenvalue weighted by Crippen LogP contribution is -2.42. The molecular formula is C12H22O2. The molecule has 0 aromatic rings. The summed E-state index contributed by atoms with van der Waals surface area (Å²) >= 11 is 0. The van der Waals surface area contributed by atoms with E-state index in [9.17, 15) is 10.2 Å². The second-order valence-electron chi connectivity index (χ2n) is 5.14. The highest BCUT2D eigenvalue weighted by Crippen LogP contribution is 2.45. The fourth-order valence-corrected chi connectivity index (χ4v) is 3.49. The molecule has 14 heavy (non-hydrogen) atoms. The molecule has 2 aliphatic rings. The summed E-state index contributed by atoms with van der Waals surface area (Å²) < 4.78 is 0. The molecule has 0 aromatic heterocycles. The first kappa shape index (κ1) is 10.4. The van der Waals surface area contributed by atoms with E-state index < -0.39 is 5.60 Å². The van der Waals surface area contributed by atoms with E-state index in [1.54, 1.807) is 0 Å². The highest BCUT2D eigenvalue weighted by molar-refractivity contribution is 4.95. The zero-order chi connectivity index (χ0) is 10.0. The molecule has 0 heterocycles. The van der Waals surface area contributed by atoms with Crippen molar-refractivity contribution in [3.63, 3.8) is 0 Å². The van der Waals surface area contributed by atoms with E-state index in [2.05, 4.69) is 0 Å². The van der Waals surface area contributed by atoms with Crippen molar-refractivity contribution >= 4 is 0 Å². The Morgan fingerprint density at radius 2 is 1.64 bits per heavy atom. The number of hydrogen-bond acceptors (Lipinski definition) is 2. The lowest BCUT2D eigenvalue weighted by atomic mass is 9.69. The topological polar surface area (TPSA) is 40.5 Å². The van der Waals surface area contributed by atoms with E-state index in [4.69, 9.17) is 0 Å². The number of hydrogen-bond donors (Lipinski definition) is 2. The van der Waals surface area contributed by atoms with E-state index >= 15 is 0 Å². The van der Waals surface area contributed by atoms with Gasteiger partial charge in [-0.3, -0.25) is 0 Å². The maximum Gasteiger partial charge on any atom is 0.0679 e. The van der Waals surface area contributed by atoms with Crippen LogP contribution in [0.3, 0.4) is 0 Å². The first-order valence-electron chi connectivity index (χ1n) is 6.09. The largest absolute Gasteiger partial charge is 0.396 e. The summed E-state index contributed by atoms with van der Waals surface area (Å²) in [5.41, 5.74) is -0.423. The summed E-state index contributed by atoms with van der Waals surface area (Å²) in [6.45, 7) is 0.271. The molecule has 2 aliphatic carbocycles. The molecule has 2 heteroatoms. The molecule has 0 aromatic carbocycles. The second kappa shape index (κ2) is 4.19. The Morgan fingerprint density at radius 1 is 1.00 bits per heavy atom.